The third-order valence-electron chi connectivity index (χ3n) is 9.96. The first-order valence-corrected chi connectivity index (χ1v) is 20.8. The lowest BCUT2D eigenvalue weighted by Crippen LogP contribution is -2.50. The van der Waals surface area contributed by atoms with Gasteiger partial charge in [-0.3, -0.25) is 4.79 Å². The van der Waals surface area contributed by atoms with Crippen molar-refractivity contribution in [1.29, 1.82) is 0 Å². The molecule has 0 heterocycles. The Bertz CT molecular complexity index is 601. The van der Waals surface area contributed by atoms with Crippen LogP contribution in [0, 0.1) is 0 Å². The lowest BCUT2D eigenvalue weighted by molar-refractivity contribution is -0.124. The van der Waals surface area contributed by atoms with E-state index in [-0.39, 0.29) is 12.5 Å². The quantitative estimate of drug-likeness (QED) is 0.0499. The van der Waals surface area contributed by atoms with Crippen LogP contribution in [0.15, 0.2) is 0 Å². The summed E-state index contributed by atoms with van der Waals surface area (Å²) in [6, 6.07) is -0.801. The molecule has 1 amide bonds. The Hall–Kier alpha value is -0.650. The number of nitrogens with one attached hydrogen (secondary N) is 1. The first-order valence-electron chi connectivity index (χ1n) is 20.8. The molecule has 0 aliphatic rings. The summed E-state index contributed by atoms with van der Waals surface area (Å²) >= 11 is 0. The molecule has 0 rings (SSSR count). The molecule has 3 unspecified atom stereocenters. The molecular weight excluding hydrogens is 570 g/mol. The monoisotopic (exact) mass is 654 g/mol. The van der Waals surface area contributed by atoms with Crippen molar-refractivity contribution in [3.63, 3.8) is 0 Å². The van der Waals surface area contributed by atoms with Crippen LogP contribution in [0.5, 0.6) is 0 Å². The summed E-state index contributed by atoms with van der Waals surface area (Å²) in [4.78, 5) is 12.4. The fourth-order valence-electron chi connectivity index (χ4n) is 6.69. The molecule has 0 saturated heterocycles. The molecule has 0 aromatic heterocycles. The first kappa shape index (κ1) is 45.3. The molecule has 4 N–H and O–H groups in total. The summed E-state index contributed by atoms with van der Waals surface area (Å²) in [6.07, 6.45) is 40.6. The second-order valence-electron chi connectivity index (χ2n) is 14.6. The van der Waals surface area contributed by atoms with Crippen molar-refractivity contribution in [3.05, 3.63) is 0 Å². The Morgan fingerprint density at radius 1 is 0.457 bits per heavy atom. The van der Waals surface area contributed by atoms with Crippen LogP contribution in [-0.2, 0) is 4.79 Å². The van der Waals surface area contributed by atoms with E-state index in [4.69, 9.17) is 0 Å². The number of hydrogen-bond acceptors (Lipinski definition) is 4. The predicted octanol–water partition coefficient (Wildman–Crippen LogP) is 11.5. The highest BCUT2D eigenvalue weighted by Gasteiger charge is 2.26. The molecule has 276 valence electrons. The second kappa shape index (κ2) is 37.2. The molecular formula is C41H83NO4. The van der Waals surface area contributed by atoms with Crippen molar-refractivity contribution in [2.75, 3.05) is 6.61 Å². The summed E-state index contributed by atoms with van der Waals surface area (Å²) < 4.78 is 0. The van der Waals surface area contributed by atoms with Crippen molar-refractivity contribution < 1.29 is 20.1 Å². The van der Waals surface area contributed by atoms with E-state index >= 15 is 0 Å². The van der Waals surface area contributed by atoms with Gasteiger partial charge in [-0.05, 0) is 12.8 Å². The van der Waals surface area contributed by atoms with Crippen LogP contribution in [0.3, 0.4) is 0 Å². The van der Waals surface area contributed by atoms with E-state index in [1.807, 2.05) is 0 Å². The Morgan fingerprint density at radius 2 is 0.739 bits per heavy atom. The van der Waals surface area contributed by atoms with Crippen LogP contribution < -0.4 is 5.32 Å². The van der Waals surface area contributed by atoms with Gasteiger partial charge in [0.15, 0.2) is 0 Å². The average molecular weight is 654 g/mol. The van der Waals surface area contributed by atoms with E-state index in [1.165, 1.54) is 173 Å². The standard InChI is InChI=1S/C41H83NO4/c1-3-5-7-9-11-13-15-17-18-19-20-21-22-24-25-27-29-31-33-35-39(44)41(46)38(37-43)42-40(45)36-34-32-30-28-26-23-16-14-12-10-8-6-4-2/h38-39,41,43-44,46H,3-37H2,1-2H3,(H,42,45). The number of aliphatic hydroxyl groups is 3. The Morgan fingerprint density at radius 3 is 1.04 bits per heavy atom. The molecule has 0 aliphatic carbocycles. The number of amides is 1. The van der Waals surface area contributed by atoms with Crippen molar-refractivity contribution in [2.45, 2.75) is 250 Å². The third-order valence-corrected chi connectivity index (χ3v) is 9.96. The molecule has 0 radical (unpaired) electrons. The van der Waals surface area contributed by atoms with Gasteiger partial charge in [-0.25, -0.2) is 0 Å². The maximum atomic E-state index is 12.4. The maximum absolute atomic E-state index is 12.4. The normalized spacial score (nSPS) is 13.6. The number of carbonyl (C=O) groups is 1. The minimum atomic E-state index is -1.13. The molecule has 0 aromatic carbocycles. The van der Waals surface area contributed by atoms with Gasteiger partial charge in [0.05, 0.1) is 18.8 Å². The number of hydrogen-bond donors (Lipinski definition) is 4. The van der Waals surface area contributed by atoms with Gasteiger partial charge in [0.1, 0.15) is 6.10 Å². The van der Waals surface area contributed by atoms with Gasteiger partial charge in [0, 0.05) is 6.42 Å². The van der Waals surface area contributed by atoms with Crippen LogP contribution in [0.1, 0.15) is 232 Å². The van der Waals surface area contributed by atoms with Crippen molar-refractivity contribution in [3.8, 4) is 0 Å². The van der Waals surface area contributed by atoms with Crippen LogP contribution in [0.2, 0.25) is 0 Å². The highest BCUT2D eigenvalue weighted by molar-refractivity contribution is 5.76. The average Bonchev–Trinajstić information content (AvgIpc) is 3.06. The van der Waals surface area contributed by atoms with Crippen LogP contribution in [-0.4, -0.2) is 46.1 Å². The maximum Gasteiger partial charge on any atom is 0.220 e. The van der Waals surface area contributed by atoms with Crippen LogP contribution in [0.25, 0.3) is 0 Å². The number of unbranched alkanes of at least 4 members (excludes halogenated alkanes) is 30. The fraction of sp³-hybridized carbons (Fsp3) is 0.976. The van der Waals surface area contributed by atoms with Crippen molar-refractivity contribution >= 4 is 5.91 Å². The summed E-state index contributed by atoms with van der Waals surface area (Å²) in [7, 11) is 0. The highest BCUT2D eigenvalue weighted by Crippen LogP contribution is 2.17. The van der Waals surface area contributed by atoms with Crippen molar-refractivity contribution in [1.82, 2.24) is 5.32 Å². The van der Waals surface area contributed by atoms with Gasteiger partial charge in [-0.2, -0.15) is 0 Å². The zero-order valence-corrected chi connectivity index (χ0v) is 31.2. The molecule has 3 atom stereocenters. The van der Waals surface area contributed by atoms with E-state index in [0.717, 1.165) is 32.1 Å². The summed E-state index contributed by atoms with van der Waals surface area (Å²) in [6.45, 7) is 4.19. The zero-order valence-electron chi connectivity index (χ0n) is 31.2. The van der Waals surface area contributed by atoms with Crippen LogP contribution in [0.4, 0.5) is 0 Å². The highest BCUT2D eigenvalue weighted by atomic mass is 16.3. The van der Waals surface area contributed by atoms with Crippen molar-refractivity contribution in [2.24, 2.45) is 0 Å². The predicted molar refractivity (Wildman–Crippen MR) is 199 cm³/mol. The summed E-state index contributed by atoms with van der Waals surface area (Å²) in [5.41, 5.74) is 0. The molecule has 0 saturated carbocycles. The first-order chi connectivity index (χ1) is 22.6. The topological polar surface area (TPSA) is 89.8 Å². The molecule has 0 bridgehead atoms. The minimum absolute atomic E-state index is 0.142. The van der Waals surface area contributed by atoms with E-state index in [0.29, 0.717) is 12.8 Å². The zero-order chi connectivity index (χ0) is 33.8. The molecule has 46 heavy (non-hydrogen) atoms. The minimum Gasteiger partial charge on any atom is -0.394 e. The lowest BCUT2D eigenvalue weighted by Gasteiger charge is -2.26. The Kier molecular flexibility index (Phi) is 36.6. The van der Waals surface area contributed by atoms with E-state index in [1.54, 1.807) is 0 Å². The van der Waals surface area contributed by atoms with Gasteiger partial charge in [-0.15, -0.1) is 0 Å². The van der Waals surface area contributed by atoms with Gasteiger partial charge >= 0.3 is 0 Å². The van der Waals surface area contributed by atoms with E-state index in [2.05, 4.69) is 19.2 Å². The molecule has 0 spiro atoms. The lowest BCUT2D eigenvalue weighted by atomic mass is 9.99. The second-order valence-corrected chi connectivity index (χ2v) is 14.6. The third kappa shape index (κ3) is 31.9. The Labute approximate surface area is 287 Å². The molecule has 5 nitrogen and oxygen atoms in total. The van der Waals surface area contributed by atoms with Gasteiger partial charge in [0.25, 0.3) is 0 Å². The van der Waals surface area contributed by atoms with Gasteiger partial charge in [-0.1, -0.05) is 213 Å². The smallest absolute Gasteiger partial charge is 0.220 e. The summed E-state index contributed by atoms with van der Waals surface area (Å²) in [5, 5.41) is 33.5. The molecule has 5 heteroatoms. The number of rotatable bonds is 38. The molecule has 0 aromatic rings. The van der Waals surface area contributed by atoms with Gasteiger partial charge < -0.3 is 20.6 Å². The van der Waals surface area contributed by atoms with E-state index in [9.17, 15) is 20.1 Å². The fourth-order valence-corrected chi connectivity index (χ4v) is 6.69. The largest absolute Gasteiger partial charge is 0.394 e. The summed E-state index contributed by atoms with van der Waals surface area (Å²) in [5.74, 6) is -0.142. The number of aliphatic hydroxyl groups excluding tert-OH is 3. The number of carbonyl (C=O) groups excluding carboxylic acids is 1. The molecule has 0 fully saturated rings. The van der Waals surface area contributed by atoms with Gasteiger partial charge in [0.2, 0.25) is 5.91 Å². The Balaban J connectivity index is 3.59. The SMILES string of the molecule is CCCCCCCCCCCCCCCCCCCCCC(O)C(O)C(CO)NC(=O)CCCCCCCCCCCCCCC. The van der Waals surface area contributed by atoms with Crippen LogP contribution >= 0.6 is 0 Å². The van der Waals surface area contributed by atoms with E-state index < -0.39 is 18.2 Å². The molecule has 0 aliphatic heterocycles.